The summed E-state index contributed by atoms with van der Waals surface area (Å²) in [5.74, 6) is 0.149. The van der Waals surface area contributed by atoms with E-state index in [1.807, 2.05) is 0 Å². The van der Waals surface area contributed by atoms with Gasteiger partial charge in [0.2, 0.25) is 0 Å². The first-order valence-electron chi connectivity index (χ1n) is 5.54. The van der Waals surface area contributed by atoms with Crippen molar-refractivity contribution in [3.63, 3.8) is 0 Å². The lowest BCUT2D eigenvalue weighted by molar-refractivity contribution is 0.626. The summed E-state index contributed by atoms with van der Waals surface area (Å²) in [6.45, 7) is 0. The number of halogens is 2. The molecule has 0 radical (unpaired) electrons. The Bertz CT molecular complexity index is 496. The maximum atomic E-state index is 12.8. The van der Waals surface area contributed by atoms with Crippen LogP contribution < -0.4 is 5.73 Å². The van der Waals surface area contributed by atoms with Gasteiger partial charge < -0.3 is 5.73 Å². The number of benzene rings is 2. The lowest BCUT2D eigenvalue weighted by Crippen LogP contribution is -2.12. The zero-order valence-corrected chi connectivity index (χ0v) is 10.5. The lowest BCUT2D eigenvalue weighted by Gasteiger charge is -2.11. The largest absolute Gasteiger partial charge is 0.323 e. The van der Waals surface area contributed by atoms with Crippen LogP contribution >= 0.6 is 11.8 Å². The third-order valence-electron chi connectivity index (χ3n) is 2.54. The molecule has 0 fully saturated rings. The Morgan fingerprint density at radius 2 is 1.39 bits per heavy atom. The molecule has 0 saturated carbocycles. The minimum absolute atomic E-state index is 0.166. The molecule has 0 aliphatic rings. The fourth-order valence-electron chi connectivity index (χ4n) is 1.52. The van der Waals surface area contributed by atoms with Gasteiger partial charge >= 0.3 is 0 Å². The van der Waals surface area contributed by atoms with E-state index >= 15 is 0 Å². The van der Waals surface area contributed by atoms with Gasteiger partial charge in [0.25, 0.3) is 0 Å². The predicted octanol–water partition coefficient (Wildman–Crippen LogP) is 3.76. The van der Waals surface area contributed by atoms with Gasteiger partial charge in [0, 0.05) is 16.7 Å². The normalized spacial score (nSPS) is 12.4. The fraction of sp³-hybridized carbons (Fsp3) is 0.143. The topological polar surface area (TPSA) is 26.0 Å². The molecular weight excluding hydrogens is 252 g/mol. The average molecular weight is 265 g/mol. The van der Waals surface area contributed by atoms with Crippen molar-refractivity contribution in [3.05, 3.63) is 65.7 Å². The summed E-state index contributed by atoms with van der Waals surface area (Å²) < 4.78 is 25.5. The van der Waals surface area contributed by atoms with E-state index in [2.05, 4.69) is 0 Å². The van der Waals surface area contributed by atoms with Crippen LogP contribution in [0.5, 0.6) is 0 Å². The van der Waals surface area contributed by atoms with Crippen molar-refractivity contribution in [1.82, 2.24) is 0 Å². The molecule has 1 nitrogen and oxygen atoms in total. The Morgan fingerprint density at radius 3 is 1.94 bits per heavy atom. The molecule has 0 amide bonds. The minimum Gasteiger partial charge on any atom is -0.323 e. The second-order valence-electron chi connectivity index (χ2n) is 3.92. The Morgan fingerprint density at radius 1 is 0.889 bits per heavy atom. The summed E-state index contributed by atoms with van der Waals surface area (Å²) in [6, 6.07) is 12.3. The summed E-state index contributed by atoms with van der Waals surface area (Å²) in [7, 11) is 0. The molecule has 0 heterocycles. The van der Waals surface area contributed by atoms with Crippen LogP contribution in [0.4, 0.5) is 8.78 Å². The molecule has 4 heteroatoms. The Kier molecular flexibility index (Phi) is 4.33. The second-order valence-corrected chi connectivity index (χ2v) is 5.02. The molecule has 2 rings (SSSR count). The smallest absolute Gasteiger partial charge is 0.123 e. The van der Waals surface area contributed by atoms with E-state index < -0.39 is 0 Å². The Balaban J connectivity index is 1.93. The summed E-state index contributed by atoms with van der Waals surface area (Å²) in [6.07, 6.45) is 0. The molecule has 0 bridgehead atoms. The van der Waals surface area contributed by atoms with Gasteiger partial charge in [-0.2, -0.15) is 0 Å². The first-order chi connectivity index (χ1) is 8.65. The third kappa shape index (κ3) is 3.55. The SMILES string of the molecule is NC(CSc1ccc(F)cc1)c1ccc(F)cc1. The van der Waals surface area contributed by atoms with Gasteiger partial charge in [0.15, 0.2) is 0 Å². The van der Waals surface area contributed by atoms with Crippen molar-refractivity contribution in [3.8, 4) is 0 Å². The number of thioether (sulfide) groups is 1. The van der Waals surface area contributed by atoms with Gasteiger partial charge in [0.1, 0.15) is 11.6 Å². The van der Waals surface area contributed by atoms with Gasteiger partial charge in [-0.15, -0.1) is 11.8 Å². The lowest BCUT2D eigenvalue weighted by atomic mass is 10.1. The van der Waals surface area contributed by atoms with Crippen LogP contribution in [0.3, 0.4) is 0 Å². The highest BCUT2D eigenvalue weighted by Crippen LogP contribution is 2.23. The van der Waals surface area contributed by atoms with Crippen LogP contribution in [0.2, 0.25) is 0 Å². The highest BCUT2D eigenvalue weighted by molar-refractivity contribution is 7.99. The van der Waals surface area contributed by atoms with Gasteiger partial charge in [-0.25, -0.2) is 8.78 Å². The first-order valence-corrected chi connectivity index (χ1v) is 6.53. The second kappa shape index (κ2) is 5.98. The van der Waals surface area contributed by atoms with Crippen LogP contribution in [0.1, 0.15) is 11.6 Å². The average Bonchev–Trinajstić information content (AvgIpc) is 2.38. The highest BCUT2D eigenvalue weighted by Gasteiger charge is 2.06. The monoisotopic (exact) mass is 265 g/mol. The molecule has 0 saturated heterocycles. The Hall–Kier alpha value is -1.39. The van der Waals surface area contributed by atoms with Crippen molar-refractivity contribution < 1.29 is 8.78 Å². The van der Waals surface area contributed by atoms with Crippen molar-refractivity contribution in [1.29, 1.82) is 0 Å². The molecule has 2 aromatic rings. The number of nitrogens with two attached hydrogens (primary N) is 1. The maximum absolute atomic E-state index is 12.8. The molecular formula is C14H13F2NS. The molecule has 1 unspecified atom stereocenters. The molecule has 2 aromatic carbocycles. The molecule has 94 valence electrons. The summed E-state index contributed by atoms with van der Waals surface area (Å²) >= 11 is 1.55. The van der Waals surface area contributed by atoms with Crippen LogP contribution in [0.15, 0.2) is 53.4 Å². The molecule has 18 heavy (non-hydrogen) atoms. The van der Waals surface area contributed by atoms with Crippen LogP contribution in [0, 0.1) is 11.6 Å². The van der Waals surface area contributed by atoms with E-state index in [0.717, 1.165) is 10.5 Å². The maximum Gasteiger partial charge on any atom is 0.123 e. The molecule has 0 aliphatic carbocycles. The molecule has 2 N–H and O–H groups in total. The van der Waals surface area contributed by atoms with E-state index in [0.29, 0.717) is 5.75 Å². The number of hydrogen-bond acceptors (Lipinski definition) is 2. The van der Waals surface area contributed by atoms with Crippen LogP contribution in [-0.4, -0.2) is 5.75 Å². The molecule has 0 aliphatic heterocycles. The van der Waals surface area contributed by atoms with E-state index in [4.69, 9.17) is 5.73 Å². The van der Waals surface area contributed by atoms with Crippen LogP contribution in [0.25, 0.3) is 0 Å². The van der Waals surface area contributed by atoms with Crippen LogP contribution in [-0.2, 0) is 0 Å². The quantitative estimate of drug-likeness (QED) is 0.852. The summed E-state index contributed by atoms with van der Waals surface area (Å²) in [5, 5.41) is 0. The van der Waals surface area contributed by atoms with Gasteiger partial charge in [-0.1, -0.05) is 12.1 Å². The van der Waals surface area contributed by atoms with Gasteiger partial charge in [-0.3, -0.25) is 0 Å². The first kappa shape index (κ1) is 13.1. The van der Waals surface area contributed by atoms with Crippen molar-refractivity contribution >= 4 is 11.8 Å². The highest BCUT2D eigenvalue weighted by atomic mass is 32.2. The van der Waals surface area contributed by atoms with Gasteiger partial charge in [0.05, 0.1) is 0 Å². The number of rotatable bonds is 4. The van der Waals surface area contributed by atoms with Crippen molar-refractivity contribution in [2.45, 2.75) is 10.9 Å². The van der Waals surface area contributed by atoms with Gasteiger partial charge in [-0.05, 0) is 42.0 Å². The van der Waals surface area contributed by atoms with Crippen molar-refractivity contribution in [2.75, 3.05) is 5.75 Å². The minimum atomic E-state index is -0.267. The molecule has 1 atom stereocenters. The third-order valence-corrected chi connectivity index (χ3v) is 3.67. The zero-order chi connectivity index (χ0) is 13.0. The molecule has 0 spiro atoms. The van der Waals surface area contributed by atoms with E-state index in [1.165, 1.54) is 24.3 Å². The zero-order valence-electron chi connectivity index (χ0n) is 9.64. The van der Waals surface area contributed by atoms with E-state index in [-0.39, 0.29) is 17.7 Å². The fourth-order valence-corrected chi connectivity index (χ4v) is 2.42. The summed E-state index contributed by atoms with van der Waals surface area (Å²) in [5.41, 5.74) is 6.90. The van der Waals surface area contributed by atoms with E-state index in [9.17, 15) is 8.78 Å². The van der Waals surface area contributed by atoms with Crippen molar-refractivity contribution in [2.24, 2.45) is 5.73 Å². The predicted molar refractivity (Wildman–Crippen MR) is 70.5 cm³/mol. The molecule has 0 aromatic heterocycles. The standard InChI is InChI=1S/C14H13F2NS/c15-11-3-1-10(2-4-11)14(17)9-18-13-7-5-12(16)6-8-13/h1-8,14H,9,17H2. The number of hydrogen-bond donors (Lipinski definition) is 1. The summed E-state index contributed by atoms with van der Waals surface area (Å²) in [4.78, 5) is 0.967. The Labute approximate surface area is 109 Å². The van der Waals surface area contributed by atoms with E-state index in [1.54, 1.807) is 36.0 Å².